The molecule has 1 aromatic carbocycles. The normalized spacial score (nSPS) is 15.7. The molecule has 0 unspecified atom stereocenters. The van der Waals surface area contributed by atoms with Crippen molar-refractivity contribution < 1.29 is 0 Å². The molecule has 0 radical (unpaired) electrons. The topological polar surface area (TPSA) is 29.3 Å². The molecule has 0 atom stereocenters. The second-order valence-electron chi connectivity index (χ2n) is 4.62. The summed E-state index contributed by atoms with van der Waals surface area (Å²) in [4.78, 5) is 2.44. The van der Waals surface area contributed by atoms with Gasteiger partial charge in [-0.2, -0.15) is 0 Å². The van der Waals surface area contributed by atoms with Crippen LogP contribution in [-0.4, -0.2) is 18.0 Å². The molecule has 1 aliphatic rings. The van der Waals surface area contributed by atoms with E-state index in [0.717, 1.165) is 35.3 Å². The number of hydrogen-bond acceptors (Lipinski definition) is 2. The van der Waals surface area contributed by atoms with E-state index < -0.39 is 0 Å². The van der Waals surface area contributed by atoms with Crippen molar-refractivity contribution in [3.8, 4) is 0 Å². The predicted molar refractivity (Wildman–Crippen MR) is 69.5 cm³/mol. The second-order valence-corrected chi connectivity index (χ2v) is 5.03. The summed E-state index contributed by atoms with van der Waals surface area (Å²) in [7, 11) is 0. The third-order valence-electron chi connectivity index (χ3n) is 3.12. The SMILES string of the molecule is CCN(Cc1cc(N)ccc1Cl)CC1CC1. The van der Waals surface area contributed by atoms with Crippen LogP contribution in [0.1, 0.15) is 25.3 Å². The first-order chi connectivity index (χ1) is 7.69. The van der Waals surface area contributed by atoms with Crippen LogP contribution in [0.3, 0.4) is 0 Å². The van der Waals surface area contributed by atoms with Gasteiger partial charge in [0.15, 0.2) is 0 Å². The van der Waals surface area contributed by atoms with E-state index in [2.05, 4.69) is 11.8 Å². The minimum absolute atomic E-state index is 0.793. The average molecular weight is 239 g/mol. The Morgan fingerprint density at radius 1 is 1.44 bits per heavy atom. The van der Waals surface area contributed by atoms with Crippen LogP contribution in [0.2, 0.25) is 5.02 Å². The van der Waals surface area contributed by atoms with E-state index in [4.69, 9.17) is 17.3 Å². The molecule has 2 rings (SSSR count). The summed E-state index contributed by atoms with van der Waals surface area (Å²) in [6.45, 7) is 5.38. The van der Waals surface area contributed by atoms with Crippen LogP contribution < -0.4 is 5.73 Å². The van der Waals surface area contributed by atoms with Gasteiger partial charge in [0, 0.05) is 23.8 Å². The van der Waals surface area contributed by atoms with Gasteiger partial charge < -0.3 is 5.73 Å². The lowest BCUT2D eigenvalue weighted by Crippen LogP contribution is -2.25. The van der Waals surface area contributed by atoms with Gasteiger partial charge in [-0.1, -0.05) is 18.5 Å². The van der Waals surface area contributed by atoms with Crippen molar-refractivity contribution in [1.29, 1.82) is 0 Å². The highest BCUT2D eigenvalue weighted by molar-refractivity contribution is 6.31. The number of hydrogen-bond donors (Lipinski definition) is 1. The van der Waals surface area contributed by atoms with Gasteiger partial charge in [0.1, 0.15) is 0 Å². The zero-order valence-electron chi connectivity index (χ0n) is 9.75. The molecular formula is C13H19ClN2. The van der Waals surface area contributed by atoms with Gasteiger partial charge in [0.2, 0.25) is 0 Å². The summed E-state index contributed by atoms with van der Waals surface area (Å²) in [5, 5.41) is 0.823. The van der Waals surface area contributed by atoms with Crippen LogP contribution in [0.4, 0.5) is 5.69 Å². The number of nitrogens with two attached hydrogens (primary N) is 1. The Morgan fingerprint density at radius 3 is 2.81 bits per heavy atom. The Balaban J connectivity index is 2.01. The number of nitrogen functional groups attached to an aromatic ring is 1. The standard InChI is InChI=1S/C13H19ClN2/c1-2-16(8-10-3-4-10)9-11-7-12(15)5-6-13(11)14/h5-7,10H,2-4,8-9,15H2,1H3. The van der Waals surface area contributed by atoms with Gasteiger partial charge in [0.05, 0.1) is 0 Å². The summed E-state index contributed by atoms with van der Waals surface area (Å²) in [6, 6.07) is 5.72. The van der Waals surface area contributed by atoms with Gasteiger partial charge in [-0.15, -0.1) is 0 Å². The minimum atomic E-state index is 0.793. The van der Waals surface area contributed by atoms with Gasteiger partial charge >= 0.3 is 0 Å². The molecule has 0 aliphatic heterocycles. The first-order valence-electron chi connectivity index (χ1n) is 5.95. The van der Waals surface area contributed by atoms with Gasteiger partial charge in [-0.3, -0.25) is 4.90 Å². The Bertz CT molecular complexity index is 361. The molecule has 1 aromatic rings. The van der Waals surface area contributed by atoms with Crippen molar-refractivity contribution >= 4 is 17.3 Å². The van der Waals surface area contributed by atoms with Crippen molar-refractivity contribution in [2.24, 2.45) is 5.92 Å². The molecule has 88 valence electrons. The fraction of sp³-hybridized carbons (Fsp3) is 0.538. The summed E-state index contributed by atoms with van der Waals surface area (Å²) in [5.74, 6) is 0.916. The van der Waals surface area contributed by atoms with Gasteiger partial charge in [0.25, 0.3) is 0 Å². The summed E-state index contributed by atoms with van der Waals surface area (Å²) < 4.78 is 0. The third-order valence-corrected chi connectivity index (χ3v) is 3.49. The van der Waals surface area contributed by atoms with Gasteiger partial charge in [-0.25, -0.2) is 0 Å². The molecule has 1 fully saturated rings. The van der Waals surface area contributed by atoms with Crippen molar-refractivity contribution in [3.63, 3.8) is 0 Å². The maximum Gasteiger partial charge on any atom is 0.0452 e. The summed E-state index contributed by atoms with van der Waals surface area (Å²) in [5.41, 5.74) is 7.72. The lowest BCUT2D eigenvalue weighted by molar-refractivity contribution is 0.268. The molecule has 0 bridgehead atoms. The third kappa shape index (κ3) is 3.13. The molecule has 1 saturated carbocycles. The zero-order valence-corrected chi connectivity index (χ0v) is 10.5. The quantitative estimate of drug-likeness (QED) is 0.799. The number of anilines is 1. The van der Waals surface area contributed by atoms with Crippen LogP contribution in [0, 0.1) is 5.92 Å². The van der Waals surface area contributed by atoms with E-state index in [-0.39, 0.29) is 0 Å². The Hall–Kier alpha value is -0.730. The van der Waals surface area contributed by atoms with Crippen LogP contribution in [-0.2, 0) is 6.54 Å². The lowest BCUT2D eigenvalue weighted by Gasteiger charge is -2.21. The highest BCUT2D eigenvalue weighted by Gasteiger charge is 2.23. The molecule has 0 aromatic heterocycles. The van der Waals surface area contributed by atoms with Gasteiger partial charge in [-0.05, 0) is 49.1 Å². The van der Waals surface area contributed by atoms with Crippen LogP contribution >= 0.6 is 11.6 Å². The van der Waals surface area contributed by atoms with E-state index in [1.165, 1.54) is 19.4 Å². The lowest BCUT2D eigenvalue weighted by atomic mass is 10.2. The van der Waals surface area contributed by atoms with Crippen LogP contribution in [0.15, 0.2) is 18.2 Å². The largest absolute Gasteiger partial charge is 0.399 e. The fourth-order valence-electron chi connectivity index (χ4n) is 1.93. The van der Waals surface area contributed by atoms with Crippen molar-refractivity contribution in [2.45, 2.75) is 26.3 Å². The summed E-state index contributed by atoms with van der Waals surface area (Å²) in [6.07, 6.45) is 2.78. The Morgan fingerprint density at radius 2 is 2.19 bits per heavy atom. The van der Waals surface area contributed by atoms with E-state index >= 15 is 0 Å². The van der Waals surface area contributed by atoms with Crippen molar-refractivity contribution in [2.75, 3.05) is 18.8 Å². The molecule has 0 saturated heterocycles. The molecule has 2 nitrogen and oxygen atoms in total. The summed E-state index contributed by atoms with van der Waals surface area (Å²) >= 11 is 6.17. The predicted octanol–water partition coefficient (Wildman–Crippen LogP) is 3.15. The first kappa shape index (κ1) is 11.7. The molecule has 0 spiro atoms. The number of halogens is 1. The molecular weight excluding hydrogens is 220 g/mol. The van der Waals surface area contributed by atoms with Crippen molar-refractivity contribution in [3.05, 3.63) is 28.8 Å². The monoisotopic (exact) mass is 238 g/mol. The minimum Gasteiger partial charge on any atom is -0.399 e. The molecule has 3 heteroatoms. The molecule has 2 N–H and O–H groups in total. The maximum atomic E-state index is 6.17. The average Bonchev–Trinajstić information content (AvgIpc) is 3.06. The number of nitrogens with zero attached hydrogens (tertiary/aromatic N) is 1. The molecule has 0 heterocycles. The van der Waals surface area contributed by atoms with E-state index in [9.17, 15) is 0 Å². The van der Waals surface area contributed by atoms with Crippen LogP contribution in [0.25, 0.3) is 0 Å². The highest BCUT2D eigenvalue weighted by Crippen LogP contribution is 2.30. The van der Waals surface area contributed by atoms with Crippen molar-refractivity contribution in [1.82, 2.24) is 4.90 Å². The number of benzene rings is 1. The molecule has 1 aliphatic carbocycles. The second kappa shape index (κ2) is 5.07. The first-order valence-corrected chi connectivity index (χ1v) is 6.33. The number of rotatable bonds is 5. The fourth-order valence-corrected chi connectivity index (χ4v) is 2.11. The maximum absolute atomic E-state index is 6.17. The molecule has 0 amide bonds. The van der Waals surface area contributed by atoms with E-state index in [1.54, 1.807) is 0 Å². The highest BCUT2D eigenvalue weighted by atomic mass is 35.5. The smallest absolute Gasteiger partial charge is 0.0452 e. The van der Waals surface area contributed by atoms with E-state index in [1.807, 2.05) is 18.2 Å². The Kier molecular flexibility index (Phi) is 3.72. The Labute approximate surface area is 102 Å². The van der Waals surface area contributed by atoms with E-state index in [0.29, 0.717) is 0 Å². The van der Waals surface area contributed by atoms with Crippen LogP contribution in [0.5, 0.6) is 0 Å². The zero-order chi connectivity index (χ0) is 11.5. The molecule has 16 heavy (non-hydrogen) atoms.